The Bertz CT molecular complexity index is 65.9. The third kappa shape index (κ3) is 11.7. The van der Waals surface area contributed by atoms with Crippen LogP contribution in [0, 0.1) is 0 Å². The van der Waals surface area contributed by atoms with Crippen molar-refractivity contribution in [2.24, 2.45) is 0 Å². The highest BCUT2D eigenvalue weighted by Gasteiger charge is 2.06. The molecule has 0 aromatic rings. The molecular formula is C6H17ClN2. The molecule has 0 aliphatic carbocycles. The van der Waals surface area contributed by atoms with E-state index in [0.29, 0.717) is 6.04 Å². The fourth-order valence-corrected chi connectivity index (χ4v) is 0.775. The zero-order chi connectivity index (χ0) is 6.78. The van der Waals surface area contributed by atoms with Crippen molar-refractivity contribution in [3.05, 3.63) is 0 Å². The number of halogens is 1. The van der Waals surface area contributed by atoms with Crippen LogP contribution in [0.4, 0.5) is 0 Å². The van der Waals surface area contributed by atoms with Gasteiger partial charge in [0.15, 0.2) is 0 Å². The van der Waals surface area contributed by atoms with Gasteiger partial charge in [0.25, 0.3) is 0 Å². The summed E-state index contributed by atoms with van der Waals surface area (Å²) in [4.78, 5) is 0. The summed E-state index contributed by atoms with van der Waals surface area (Å²) in [6, 6.07) is 0.565. The average Bonchev–Trinajstić information content (AvgIpc) is 1.21. The lowest BCUT2D eigenvalue weighted by molar-refractivity contribution is -0.918. The third-order valence-corrected chi connectivity index (χ3v) is 0.645. The van der Waals surface area contributed by atoms with Gasteiger partial charge in [-0.3, -0.25) is 4.59 Å². The predicted molar refractivity (Wildman–Crippen MR) is 36.3 cm³/mol. The molecule has 0 aliphatic heterocycles. The van der Waals surface area contributed by atoms with Gasteiger partial charge in [-0.25, -0.2) is 0 Å². The number of hydrogen-bond donors (Lipinski definition) is 1. The first-order valence-corrected chi connectivity index (χ1v) is 3.01. The van der Waals surface area contributed by atoms with E-state index in [1.54, 1.807) is 0 Å². The lowest BCUT2D eigenvalue weighted by Gasteiger charge is -2.26. The zero-order valence-electron chi connectivity index (χ0n) is 6.90. The molecule has 0 amide bonds. The van der Waals surface area contributed by atoms with E-state index < -0.39 is 0 Å². The normalized spacial score (nSPS) is 11.3. The van der Waals surface area contributed by atoms with Crippen LogP contribution in [0.3, 0.4) is 0 Å². The second-order valence-corrected chi connectivity index (χ2v) is 3.30. The highest BCUT2D eigenvalue weighted by molar-refractivity contribution is 4.37. The molecule has 0 aliphatic rings. The van der Waals surface area contributed by atoms with Gasteiger partial charge in [-0.05, 0) is 13.8 Å². The van der Waals surface area contributed by atoms with E-state index in [1.165, 1.54) is 0 Å². The number of rotatable bonds is 2. The van der Waals surface area contributed by atoms with Crippen LogP contribution in [-0.2, 0) is 0 Å². The maximum atomic E-state index is 3.32. The van der Waals surface area contributed by atoms with Gasteiger partial charge in [0.1, 0.15) is 0 Å². The molecule has 9 heavy (non-hydrogen) atoms. The van der Waals surface area contributed by atoms with Gasteiger partial charge >= 0.3 is 0 Å². The van der Waals surface area contributed by atoms with Crippen LogP contribution in [0.2, 0.25) is 0 Å². The largest absolute Gasteiger partial charge is 1.00 e. The van der Waals surface area contributed by atoms with Gasteiger partial charge in [0, 0.05) is 6.04 Å². The van der Waals surface area contributed by atoms with Crippen molar-refractivity contribution in [3.63, 3.8) is 0 Å². The summed E-state index contributed by atoms with van der Waals surface area (Å²) in [6.45, 7) is 4.28. The van der Waals surface area contributed by atoms with Crippen molar-refractivity contribution in [1.29, 1.82) is 0 Å². The van der Waals surface area contributed by atoms with Gasteiger partial charge < -0.3 is 12.4 Å². The van der Waals surface area contributed by atoms with E-state index in [4.69, 9.17) is 0 Å². The Balaban J connectivity index is 0. The molecule has 0 aromatic carbocycles. The second-order valence-electron chi connectivity index (χ2n) is 3.30. The van der Waals surface area contributed by atoms with E-state index in [-0.39, 0.29) is 12.4 Å². The number of nitrogens with one attached hydrogen (secondary N) is 1. The van der Waals surface area contributed by atoms with Gasteiger partial charge in [-0.1, -0.05) is 0 Å². The Labute approximate surface area is 64.2 Å². The molecule has 2 nitrogen and oxygen atoms in total. The van der Waals surface area contributed by atoms with Crippen LogP contribution in [-0.4, -0.2) is 31.8 Å². The minimum absolute atomic E-state index is 0. The van der Waals surface area contributed by atoms with Crippen molar-refractivity contribution in [3.8, 4) is 0 Å². The van der Waals surface area contributed by atoms with E-state index in [2.05, 4.69) is 40.4 Å². The lowest BCUT2D eigenvalue weighted by Crippen LogP contribution is -3.00. The van der Waals surface area contributed by atoms with Gasteiger partial charge in [0.2, 0.25) is 0 Å². The number of nitrogens with zero attached hydrogens (tertiary/aromatic N) is 1. The molecule has 0 fully saturated rings. The molecule has 1 N–H and O–H groups in total. The SMILES string of the molecule is CC(C)N[N+](C)(C)C.[Cl-]. The summed E-state index contributed by atoms with van der Waals surface area (Å²) in [5.41, 5.74) is 3.32. The second kappa shape index (κ2) is 4.09. The minimum atomic E-state index is 0. The highest BCUT2D eigenvalue weighted by atomic mass is 35.5. The molecule has 0 bridgehead atoms. The molecule has 0 atom stereocenters. The van der Waals surface area contributed by atoms with Gasteiger partial charge in [0.05, 0.1) is 21.1 Å². The molecule has 0 spiro atoms. The first kappa shape index (κ1) is 11.9. The van der Waals surface area contributed by atoms with E-state index in [9.17, 15) is 0 Å². The monoisotopic (exact) mass is 152 g/mol. The molecule has 0 saturated carbocycles. The minimum Gasteiger partial charge on any atom is -1.00 e. The first-order chi connectivity index (χ1) is 3.42. The molecule has 0 saturated heterocycles. The van der Waals surface area contributed by atoms with Crippen molar-refractivity contribution in [2.45, 2.75) is 19.9 Å². The van der Waals surface area contributed by atoms with Crippen molar-refractivity contribution in [1.82, 2.24) is 5.43 Å². The summed E-state index contributed by atoms with van der Waals surface area (Å²) in [5, 5.41) is 0. The Morgan fingerprint density at radius 2 is 1.44 bits per heavy atom. The summed E-state index contributed by atoms with van der Waals surface area (Å²) in [7, 11) is 6.33. The highest BCUT2D eigenvalue weighted by Crippen LogP contribution is 1.85. The maximum absolute atomic E-state index is 3.32. The fourth-order valence-electron chi connectivity index (χ4n) is 0.775. The van der Waals surface area contributed by atoms with Crippen molar-refractivity contribution in [2.75, 3.05) is 21.1 Å². The summed E-state index contributed by atoms with van der Waals surface area (Å²) >= 11 is 0. The molecule has 0 rings (SSSR count). The number of quaternary nitrogens is 1. The van der Waals surface area contributed by atoms with E-state index >= 15 is 0 Å². The van der Waals surface area contributed by atoms with Crippen LogP contribution < -0.4 is 17.8 Å². The molecular weight excluding hydrogens is 136 g/mol. The molecule has 3 heteroatoms. The van der Waals surface area contributed by atoms with Gasteiger partial charge in [-0.15, -0.1) is 0 Å². The zero-order valence-corrected chi connectivity index (χ0v) is 7.66. The maximum Gasteiger partial charge on any atom is 0.0853 e. The molecule has 58 valence electrons. The van der Waals surface area contributed by atoms with Crippen LogP contribution in [0.25, 0.3) is 0 Å². The smallest absolute Gasteiger partial charge is 0.0853 e. The summed E-state index contributed by atoms with van der Waals surface area (Å²) in [5.74, 6) is 0. The Kier molecular flexibility index (Phi) is 5.43. The topological polar surface area (TPSA) is 12.0 Å². The van der Waals surface area contributed by atoms with Crippen LogP contribution >= 0.6 is 0 Å². The molecule has 0 heterocycles. The summed E-state index contributed by atoms with van der Waals surface area (Å²) in [6.07, 6.45) is 0. The third-order valence-electron chi connectivity index (χ3n) is 0.645. The molecule has 0 radical (unpaired) electrons. The quantitative estimate of drug-likeness (QED) is 0.344. The van der Waals surface area contributed by atoms with Gasteiger partial charge in [-0.2, -0.15) is 5.43 Å². The standard InChI is InChI=1S/C6H17N2.ClH/c1-6(2)7-8(3,4)5;/h6-7H,1-5H3;1H/q+1;/p-1. The van der Waals surface area contributed by atoms with Crippen LogP contribution in [0.5, 0.6) is 0 Å². The summed E-state index contributed by atoms with van der Waals surface area (Å²) < 4.78 is 0.831. The Morgan fingerprint density at radius 3 is 1.44 bits per heavy atom. The Morgan fingerprint density at radius 1 is 1.11 bits per heavy atom. The lowest BCUT2D eigenvalue weighted by atomic mass is 10.4. The van der Waals surface area contributed by atoms with Crippen molar-refractivity contribution < 1.29 is 17.0 Å². The molecule has 0 unspecified atom stereocenters. The van der Waals surface area contributed by atoms with E-state index in [0.717, 1.165) is 4.59 Å². The average molecular weight is 153 g/mol. The van der Waals surface area contributed by atoms with E-state index in [1.807, 2.05) is 0 Å². The predicted octanol–water partition coefficient (Wildman–Crippen LogP) is -2.39. The molecule has 0 aromatic heterocycles. The van der Waals surface area contributed by atoms with Crippen LogP contribution in [0.1, 0.15) is 13.8 Å². The van der Waals surface area contributed by atoms with Crippen LogP contribution in [0.15, 0.2) is 0 Å². The first-order valence-electron chi connectivity index (χ1n) is 3.01. The van der Waals surface area contributed by atoms with Crippen molar-refractivity contribution >= 4 is 0 Å². The fraction of sp³-hybridized carbons (Fsp3) is 1.00. The number of hydrogen-bond acceptors (Lipinski definition) is 1. The Hall–Kier alpha value is 0.210.